The van der Waals surface area contributed by atoms with Crippen LogP contribution in [0, 0.1) is 13.8 Å². The van der Waals surface area contributed by atoms with Crippen LogP contribution >= 0.6 is 0 Å². The smallest absolute Gasteiger partial charge is 0.263 e. The maximum atomic E-state index is 13.3. The van der Waals surface area contributed by atoms with E-state index in [-0.39, 0.29) is 28.5 Å². The van der Waals surface area contributed by atoms with Gasteiger partial charge in [0.15, 0.2) is 0 Å². The molecular weight excluding hydrogens is 408 g/mol. The average molecular weight is 437 g/mol. The van der Waals surface area contributed by atoms with Gasteiger partial charge in [-0.05, 0) is 44.4 Å². The molecule has 4 rings (SSSR count). The second-order valence-corrected chi connectivity index (χ2v) is 8.72. The SMILES string of the molecule is Cc1cc(C)n(C)c(=O)c1C(=O)N1CCCC(c2cc3nc(N(C)C)ncc3c(=O)[nH]2)C1. The lowest BCUT2D eigenvalue weighted by atomic mass is 9.93. The number of hydrogen-bond acceptors (Lipinski definition) is 6. The van der Waals surface area contributed by atoms with Crippen LogP contribution in [0.2, 0.25) is 0 Å². The number of nitrogens with zero attached hydrogens (tertiary/aromatic N) is 5. The zero-order valence-corrected chi connectivity index (χ0v) is 19.1. The molecule has 168 valence electrons. The molecule has 1 unspecified atom stereocenters. The largest absolute Gasteiger partial charge is 0.347 e. The van der Waals surface area contributed by atoms with E-state index >= 15 is 0 Å². The van der Waals surface area contributed by atoms with Crippen molar-refractivity contribution in [3.05, 3.63) is 61.6 Å². The molecule has 1 atom stereocenters. The highest BCUT2D eigenvalue weighted by atomic mass is 16.2. The molecule has 9 nitrogen and oxygen atoms in total. The van der Waals surface area contributed by atoms with E-state index in [1.165, 1.54) is 10.8 Å². The molecule has 1 aliphatic rings. The van der Waals surface area contributed by atoms with Crippen LogP contribution in [0.3, 0.4) is 0 Å². The fraction of sp³-hybridized carbons (Fsp3) is 0.435. The number of anilines is 1. The molecule has 32 heavy (non-hydrogen) atoms. The lowest BCUT2D eigenvalue weighted by Crippen LogP contribution is -2.42. The summed E-state index contributed by atoms with van der Waals surface area (Å²) >= 11 is 0. The molecule has 1 aliphatic heterocycles. The number of likely N-dealkylation sites (tertiary alicyclic amines) is 1. The van der Waals surface area contributed by atoms with Crippen LogP contribution in [0.25, 0.3) is 10.9 Å². The third kappa shape index (κ3) is 3.79. The van der Waals surface area contributed by atoms with Crippen molar-refractivity contribution in [2.75, 3.05) is 32.1 Å². The van der Waals surface area contributed by atoms with E-state index < -0.39 is 0 Å². The predicted octanol–water partition coefficient (Wildman–Crippen LogP) is 1.72. The summed E-state index contributed by atoms with van der Waals surface area (Å²) in [6.45, 7) is 4.66. The first-order chi connectivity index (χ1) is 15.2. The van der Waals surface area contributed by atoms with Gasteiger partial charge in [-0.3, -0.25) is 14.4 Å². The molecule has 4 heterocycles. The highest BCUT2D eigenvalue weighted by Crippen LogP contribution is 2.27. The van der Waals surface area contributed by atoms with Gasteiger partial charge in [-0.1, -0.05) is 0 Å². The minimum absolute atomic E-state index is 0.0443. The van der Waals surface area contributed by atoms with Crippen molar-refractivity contribution in [3.63, 3.8) is 0 Å². The predicted molar refractivity (Wildman–Crippen MR) is 124 cm³/mol. The van der Waals surface area contributed by atoms with Crippen molar-refractivity contribution in [1.82, 2.24) is 24.4 Å². The van der Waals surface area contributed by atoms with Crippen molar-refractivity contribution in [3.8, 4) is 0 Å². The first-order valence-corrected chi connectivity index (χ1v) is 10.7. The first-order valence-electron chi connectivity index (χ1n) is 10.7. The Morgan fingerprint density at radius 2 is 1.97 bits per heavy atom. The van der Waals surface area contributed by atoms with Crippen molar-refractivity contribution in [1.29, 1.82) is 0 Å². The molecule has 1 fully saturated rings. The Bertz CT molecular complexity index is 1320. The number of amides is 1. The molecule has 0 radical (unpaired) electrons. The van der Waals surface area contributed by atoms with Gasteiger partial charge < -0.3 is 19.4 Å². The third-order valence-electron chi connectivity index (χ3n) is 6.23. The summed E-state index contributed by atoms with van der Waals surface area (Å²) in [4.78, 5) is 53.9. The van der Waals surface area contributed by atoms with E-state index in [2.05, 4.69) is 15.0 Å². The van der Waals surface area contributed by atoms with Gasteiger partial charge in [-0.15, -0.1) is 0 Å². The molecular formula is C23H28N6O3. The molecule has 3 aromatic heterocycles. The summed E-state index contributed by atoms with van der Waals surface area (Å²) in [5, 5.41) is 0.432. The van der Waals surface area contributed by atoms with Crippen molar-refractivity contribution in [2.45, 2.75) is 32.6 Å². The van der Waals surface area contributed by atoms with Crippen LogP contribution in [0.4, 0.5) is 5.95 Å². The Labute approximate surface area is 185 Å². The number of aromatic amines is 1. The Morgan fingerprint density at radius 3 is 2.69 bits per heavy atom. The molecule has 1 N–H and O–H groups in total. The molecule has 0 bridgehead atoms. The second-order valence-electron chi connectivity index (χ2n) is 8.72. The van der Waals surface area contributed by atoms with Gasteiger partial charge in [0, 0.05) is 57.7 Å². The minimum atomic E-state index is -0.276. The summed E-state index contributed by atoms with van der Waals surface area (Å²) < 4.78 is 1.50. The van der Waals surface area contributed by atoms with E-state index in [4.69, 9.17) is 0 Å². The molecule has 3 aromatic rings. The maximum absolute atomic E-state index is 13.3. The van der Waals surface area contributed by atoms with Gasteiger partial charge in [0.25, 0.3) is 17.0 Å². The van der Waals surface area contributed by atoms with Gasteiger partial charge in [0.2, 0.25) is 5.95 Å². The van der Waals surface area contributed by atoms with Crippen molar-refractivity contribution >= 4 is 22.8 Å². The average Bonchev–Trinajstić information content (AvgIpc) is 2.77. The van der Waals surface area contributed by atoms with E-state index in [9.17, 15) is 14.4 Å². The number of aryl methyl sites for hydroxylation is 2. The zero-order valence-electron chi connectivity index (χ0n) is 19.1. The van der Waals surface area contributed by atoms with E-state index in [0.29, 0.717) is 35.5 Å². The zero-order chi connectivity index (χ0) is 23.2. The van der Waals surface area contributed by atoms with Gasteiger partial charge in [0.1, 0.15) is 5.56 Å². The summed E-state index contributed by atoms with van der Waals surface area (Å²) in [7, 11) is 5.37. The lowest BCUT2D eigenvalue weighted by molar-refractivity contribution is 0.0702. The van der Waals surface area contributed by atoms with Crippen LogP contribution in [0.1, 0.15) is 46.1 Å². The van der Waals surface area contributed by atoms with Crippen molar-refractivity contribution in [2.24, 2.45) is 7.05 Å². The normalized spacial score (nSPS) is 16.4. The monoisotopic (exact) mass is 436 g/mol. The molecule has 1 amide bonds. The van der Waals surface area contributed by atoms with Gasteiger partial charge >= 0.3 is 0 Å². The van der Waals surface area contributed by atoms with E-state index in [0.717, 1.165) is 24.2 Å². The Hall–Kier alpha value is -3.49. The fourth-order valence-electron chi connectivity index (χ4n) is 4.30. The number of rotatable bonds is 3. The lowest BCUT2D eigenvalue weighted by Gasteiger charge is -2.33. The second kappa shape index (κ2) is 8.22. The number of H-pyrrole nitrogens is 1. The fourth-order valence-corrected chi connectivity index (χ4v) is 4.30. The number of nitrogens with one attached hydrogen (secondary N) is 1. The highest BCUT2D eigenvalue weighted by Gasteiger charge is 2.29. The Balaban J connectivity index is 1.67. The summed E-state index contributed by atoms with van der Waals surface area (Å²) in [6.07, 6.45) is 3.16. The standard InChI is InChI=1S/C23H28N6O3/c1-13-9-14(2)28(5)21(31)19(13)22(32)29-8-6-7-15(12-29)17-10-18-16(20(30)25-17)11-24-23(26-18)27(3)4/h9-11,15H,6-8,12H2,1-5H3,(H,25,30). The molecule has 0 spiro atoms. The molecule has 0 aliphatic carbocycles. The van der Waals surface area contributed by atoms with Crippen LogP contribution in [0.15, 0.2) is 27.9 Å². The summed E-state index contributed by atoms with van der Waals surface area (Å²) in [5.74, 6) is 0.227. The number of hydrogen-bond donors (Lipinski definition) is 1. The molecule has 9 heteroatoms. The first kappa shape index (κ1) is 21.7. The van der Waals surface area contributed by atoms with Gasteiger partial charge in [-0.2, -0.15) is 0 Å². The van der Waals surface area contributed by atoms with Crippen molar-refractivity contribution < 1.29 is 4.79 Å². The Morgan fingerprint density at radius 1 is 1.22 bits per heavy atom. The number of aromatic nitrogens is 4. The van der Waals surface area contributed by atoms with Crippen LogP contribution in [-0.4, -0.2) is 57.5 Å². The number of pyridine rings is 2. The van der Waals surface area contributed by atoms with E-state index in [1.54, 1.807) is 23.8 Å². The van der Waals surface area contributed by atoms with Gasteiger partial charge in [-0.25, -0.2) is 9.97 Å². The maximum Gasteiger partial charge on any atom is 0.263 e. The third-order valence-corrected chi connectivity index (χ3v) is 6.23. The minimum Gasteiger partial charge on any atom is -0.347 e. The molecule has 0 aromatic carbocycles. The topological polar surface area (TPSA) is 104 Å². The summed E-state index contributed by atoms with van der Waals surface area (Å²) in [5.41, 5.74) is 2.52. The summed E-state index contributed by atoms with van der Waals surface area (Å²) in [6, 6.07) is 3.74. The molecule has 0 saturated carbocycles. The highest BCUT2D eigenvalue weighted by molar-refractivity contribution is 5.95. The van der Waals surface area contributed by atoms with Crippen LogP contribution in [0.5, 0.6) is 0 Å². The van der Waals surface area contributed by atoms with E-state index in [1.807, 2.05) is 33.2 Å². The number of carbonyl (C=O) groups is 1. The quantitative estimate of drug-likeness (QED) is 0.670. The molecule has 1 saturated heterocycles. The number of piperidine rings is 1. The number of carbonyl (C=O) groups excluding carboxylic acids is 1. The number of fused-ring (bicyclic) bond motifs is 1. The Kier molecular flexibility index (Phi) is 5.58. The van der Waals surface area contributed by atoms with Gasteiger partial charge in [0.05, 0.1) is 10.9 Å². The van der Waals surface area contributed by atoms with Crippen LogP contribution in [-0.2, 0) is 7.05 Å². The van der Waals surface area contributed by atoms with Crippen LogP contribution < -0.4 is 16.0 Å².